The minimum Gasteiger partial charge on any atom is -0.493 e. The smallest absolute Gasteiger partial charge is 0.122 e. The van der Waals surface area contributed by atoms with Crippen LogP contribution in [0.1, 0.15) is 30.2 Å². The number of para-hydroxylation sites is 1. The van der Waals surface area contributed by atoms with Crippen LogP contribution in [0.3, 0.4) is 0 Å². The van der Waals surface area contributed by atoms with E-state index in [9.17, 15) is 0 Å². The molecule has 0 spiro atoms. The van der Waals surface area contributed by atoms with Gasteiger partial charge in [-0.15, -0.1) is 0 Å². The average Bonchev–Trinajstić information content (AvgIpc) is 3.06. The summed E-state index contributed by atoms with van der Waals surface area (Å²) < 4.78 is 11.1. The van der Waals surface area contributed by atoms with Crippen LogP contribution in [0.15, 0.2) is 47.1 Å². The van der Waals surface area contributed by atoms with Gasteiger partial charge in [0.25, 0.3) is 0 Å². The zero-order chi connectivity index (χ0) is 12.4. The minimum atomic E-state index is 0.229. The first-order valence-electron chi connectivity index (χ1n) is 6.33. The van der Waals surface area contributed by atoms with Gasteiger partial charge in [0.15, 0.2) is 0 Å². The molecular weight excluding hydrogens is 226 g/mol. The Balaban J connectivity index is 1.62. The molecule has 0 fully saturated rings. The third-order valence-corrected chi connectivity index (χ3v) is 3.44. The molecule has 2 aromatic rings. The number of furan rings is 1. The van der Waals surface area contributed by atoms with E-state index in [1.54, 1.807) is 6.26 Å². The quantitative estimate of drug-likeness (QED) is 0.896. The number of ether oxygens (including phenoxy) is 1. The molecule has 3 heteroatoms. The molecule has 0 radical (unpaired) electrons. The monoisotopic (exact) mass is 243 g/mol. The van der Waals surface area contributed by atoms with Gasteiger partial charge in [-0.05, 0) is 25.1 Å². The first kappa shape index (κ1) is 11.4. The van der Waals surface area contributed by atoms with Crippen LogP contribution in [0.4, 0.5) is 0 Å². The van der Waals surface area contributed by atoms with Crippen LogP contribution in [0.25, 0.3) is 0 Å². The fourth-order valence-electron chi connectivity index (χ4n) is 2.36. The lowest BCUT2D eigenvalue weighted by atomic mass is 10.0. The molecule has 1 aliphatic rings. The summed E-state index contributed by atoms with van der Waals surface area (Å²) in [6, 6.07) is 12.4. The van der Waals surface area contributed by atoms with Crippen LogP contribution in [-0.4, -0.2) is 13.2 Å². The van der Waals surface area contributed by atoms with Crippen molar-refractivity contribution in [2.45, 2.75) is 18.9 Å². The summed E-state index contributed by atoms with van der Waals surface area (Å²) in [5, 5.41) is 3.49. The van der Waals surface area contributed by atoms with Crippen molar-refractivity contribution in [3.8, 4) is 5.75 Å². The van der Waals surface area contributed by atoms with Crippen molar-refractivity contribution in [1.82, 2.24) is 5.32 Å². The van der Waals surface area contributed by atoms with Crippen LogP contribution >= 0.6 is 0 Å². The van der Waals surface area contributed by atoms with Gasteiger partial charge in [0.1, 0.15) is 11.5 Å². The highest BCUT2D eigenvalue weighted by Gasteiger charge is 2.23. The molecule has 0 aliphatic carbocycles. The van der Waals surface area contributed by atoms with Gasteiger partial charge < -0.3 is 14.5 Å². The lowest BCUT2D eigenvalue weighted by Gasteiger charge is -2.14. The Labute approximate surface area is 107 Å². The van der Waals surface area contributed by atoms with Gasteiger partial charge in [0.2, 0.25) is 0 Å². The van der Waals surface area contributed by atoms with Crippen molar-refractivity contribution < 1.29 is 9.15 Å². The zero-order valence-corrected chi connectivity index (χ0v) is 10.4. The van der Waals surface area contributed by atoms with E-state index in [1.807, 2.05) is 24.3 Å². The molecule has 2 heterocycles. The normalized spacial score (nSPS) is 19.3. The Bertz CT molecular complexity index is 507. The van der Waals surface area contributed by atoms with Gasteiger partial charge in [0, 0.05) is 18.0 Å². The summed E-state index contributed by atoms with van der Waals surface area (Å²) in [5.74, 6) is 2.43. The molecule has 1 aliphatic heterocycles. The van der Waals surface area contributed by atoms with Crippen molar-refractivity contribution in [3.05, 3.63) is 54.0 Å². The van der Waals surface area contributed by atoms with E-state index in [0.717, 1.165) is 24.7 Å². The van der Waals surface area contributed by atoms with E-state index in [2.05, 4.69) is 24.4 Å². The van der Waals surface area contributed by atoms with Crippen LogP contribution in [0.2, 0.25) is 0 Å². The van der Waals surface area contributed by atoms with Crippen molar-refractivity contribution in [2.75, 3.05) is 13.2 Å². The van der Waals surface area contributed by atoms with Crippen molar-refractivity contribution in [1.29, 1.82) is 0 Å². The molecule has 18 heavy (non-hydrogen) atoms. The largest absolute Gasteiger partial charge is 0.493 e. The molecule has 1 N–H and O–H groups in total. The summed E-state index contributed by atoms with van der Waals surface area (Å²) in [5.41, 5.74) is 1.30. The molecule has 0 bridgehead atoms. The third-order valence-electron chi connectivity index (χ3n) is 3.44. The molecule has 1 unspecified atom stereocenters. The van der Waals surface area contributed by atoms with E-state index in [0.29, 0.717) is 5.92 Å². The second kappa shape index (κ2) is 4.86. The van der Waals surface area contributed by atoms with Gasteiger partial charge in [0.05, 0.1) is 18.9 Å². The van der Waals surface area contributed by atoms with E-state index in [-0.39, 0.29) is 6.04 Å². The standard InChI is InChI=1S/C15H17NO2/c1-11(14-7-4-8-17-14)16-9-12-10-18-15-6-3-2-5-13(12)15/h2-8,11-12,16H,9-10H2,1H3/t11-,12?/m1/s1. The highest BCUT2D eigenvalue weighted by atomic mass is 16.5. The summed E-state index contributed by atoms with van der Waals surface area (Å²) >= 11 is 0. The van der Waals surface area contributed by atoms with Gasteiger partial charge in [-0.25, -0.2) is 0 Å². The maximum Gasteiger partial charge on any atom is 0.122 e. The fourth-order valence-corrected chi connectivity index (χ4v) is 2.36. The molecule has 0 saturated heterocycles. The Morgan fingerprint density at radius 1 is 1.28 bits per heavy atom. The van der Waals surface area contributed by atoms with Crippen LogP contribution in [-0.2, 0) is 0 Å². The highest BCUT2D eigenvalue weighted by molar-refractivity contribution is 5.39. The first-order chi connectivity index (χ1) is 8.84. The van der Waals surface area contributed by atoms with Crippen molar-refractivity contribution >= 4 is 0 Å². The van der Waals surface area contributed by atoms with Gasteiger partial charge in [-0.2, -0.15) is 0 Å². The maximum absolute atomic E-state index is 5.67. The number of benzene rings is 1. The van der Waals surface area contributed by atoms with Gasteiger partial charge in [-0.1, -0.05) is 18.2 Å². The van der Waals surface area contributed by atoms with E-state index < -0.39 is 0 Å². The van der Waals surface area contributed by atoms with Crippen LogP contribution in [0, 0.1) is 0 Å². The maximum atomic E-state index is 5.67. The molecule has 0 saturated carbocycles. The molecule has 1 aromatic heterocycles. The average molecular weight is 243 g/mol. The molecule has 94 valence electrons. The summed E-state index contributed by atoms with van der Waals surface area (Å²) in [7, 11) is 0. The van der Waals surface area contributed by atoms with E-state index in [1.165, 1.54) is 5.56 Å². The Morgan fingerprint density at radius 2 is 2.17 bits per heavy atom. The second-order valence-electron chi connectivity index (χ2n) is 4.69. The number of nitrogens with one attached hydrogen (secondary N) is 1. The lowest BCUT2D eigenvalue weighted by molar-refractivity contribution is 0.319. The lowest BCUT2D eigenvalue weighted by Crippen LogP contribution is -2.25. The van der Waals surface area contributed by atoms with E-state index >= 15 is 0 Å². The van der Waals surface area contributed by atoms with Crippen LogP contribution in [0.5, 0.6) is 5.75 Å². The van der Waals surface area contributed by atoms with Crippen LogP contribution < -0.4 is 10.1 Å². The number of fused-ring (bicyclic) bond motifs is 1. The first-order valence-corrected chi connectivity index (χ1v) is 6.33. The molecule has 2 atom stereocenters. The second-order valence-corrected chi connectivity index (χ2v) is 4.69. The molecular formula is C15H17NO2. The Hall–Kier alpha value is -1.74. The Morgan fingerprint density at radius 3 is 3.00 bits per heavy atom. The number of hydrogen-bond acceptors (Lipinski definition) is 3. The summed E-state index contributed by atoms with van der Waals surface area (Å²) in [6.45, 7) is 3.77. The fraction of sp³-hybridized carbons (Fsp3) is 0.333. The molecule has 0 amide bonds. The predicted octanol–water partition coefficient (Wildman–Crippen LogP) is 3.11. The molecule has 1 aromatic carbocycles. The van der Waals surface area contributed by atoms with Gasteiger partial charge >= 0.3 is 0 Å². The van der Waals surface area contributed by atoms with Crippen molar-refractivity contribution in [2.24, 2.45) is 0 Å². The zero-order valence-electron chi connectivity index (χ0n) is 10.4. The predicted molar refractivity (Wildman–Crippen MR) is 69.8 cm³/mol. The number of hydrogen-bond donors (Lipinski definition) is 1. The van der Waals surface area contributed by atoms with Gasteiger partial charge in [-0.3, -0.25) is 0 Å². The summed E-state index contributed by atoms with van der Waals surface area (Å²) in [4.78, 5) is 0. The Kier molecular flexibility index (Phi) is 3.07. The van der Waals surface area contributed by atoms with E-state index in [4.69, 9.17) is 9.15 Å². The SMILES string of the molecule is C[C@@H](NCC1COc2ccccc21)c1ccco1. The molecule has 3 nitrogen and oxygen atoms in total. The minimum absolute atomic E-state index is 0.229. The number of rotatable bonds is 4. The van der Waals surface area contributed by atoms with Crippen molar-refractivity contribution in [3.63, 3.8) is 0 Å². The third kappa shape index (κ3) is 2.14. The highest BCUT2D eigenvalue weighted by Crippen LogP contribution is 2.33. The molecule has 3 rings (SSSR count). The topological polar surface area (TPSA) is 34.4 Å². The summed E-state index contributed by atoms with van der Waals surface area (Å²) in [6.07, 6.45) is 1.71.